The Bertz CT molecular complexity index is 269. The summed E-state index contributed by atoms with van der Waals surface area (Å²) in [5, 5.41) is 17.3. The average molecular weight is 242 g/mol. The predicted octanol–water partition coefficient (Wildman–Crippen LogP) is 3.22. The Morgan fingerprint density at radius 2 is 1.59 bits per heavy atom. The fourth-order valence-electron chi connectivity index (χ4n) is 1.60. The Kier molecular flexibility index (Phi) is 9.11. The maximum Gasteiger partial charge on any atom is 0.331 e. The first-order valence-corrected chi connectivity index (χ1v) is 6.22. The molecule has 0 saturated carbocycles. The molecule has 0 radical (unpaired) electrons. The van der Waals surface area contributed by atoms with Crippen LogP contribution in [0.4, 0.5) is 0 Å². The Hall–Kier alpha value is -1.32. The van der Waals surface area contributed by atoms with Gasteiger partial charge in [0.2, 0.25) is 0 Å². The van der Waals surface area contributed by atoms with Crippen LogP contribution in [0.3, 0.4) is 0 Å². The molecule has 0 aromatic heterocycles. The van der Waals surface area contributed by atoms with Gasteiger partial charge in [0.05, 0.1) is 6.42 Å². The molecular weight excluding hydrogens is 220 g/mol. The van der Waals surface area contributed by atoms with Gasteiger partial charge in [0.25, 0.3) is 0 Å². The van der Waals surface area contributed by atoms with Crippen molar-refractivity contribution < 1.29 is 19.8 Å². The number of unbranched alkanes of at least 4 members (excludes halogenated alkanes) is 5. The van der Waals surface area contributed by atoms with Crippen molar-refractivity contribution in [3.63, 3.8) is 0 Å². The van der Waals surface area contributed by atoms with Crippen LogP contribution in [0.1, 0.15) is 58.3 Å². The molecule has 98 valence electrons. The standard InChI is InChI=1S/C13H22O4/c1-2-3-4-5-6-7-8-11(13(16)17)9-10-12(14)15/h9H,2-8,10H2,1H3,(H,14,15)(H,16,17)/b11-9+. The van der Waals surface area contributed by atoms with E-state index in [0.29, 0.717) is 6.42 Å². The third-order valence-corrected chi connectivity index (χ3v) is 2.60. The number of hydrogen-bond donors (Lipinski definition) is 2. The van der Waals surface area contributed by atoms with E-state index in [-0.39, 0.29) is 12.0 Å². The molecule has 0 bridgehead atoms. The molecule has 0 aromatic rings. The molecule has 17 heavy (non-hydrogen) atoms. The van der Waals surface area contributed by atoms with E-state index in [1.807, 2.05) is 0 Å². The van der Waals surface area contributed by atoms with Crippen molar-refractivity contribution in [2.75, 3.05) is 0 Å². The first-order valence-electron chi connectivity index (χ1n) is 6.22. The van der Waals surface area contributed by atoms with Crippen molar-refractivity contribution in [2.24, 2.45) is 0 Å². The van der Waals surface area contributed by atoms with Crippen molar-refractivity contribution >= 4 is 11.9 Å². The van der Waals surface area contributed by atoms with Gasteiger partial charge in [-0.2, -0.15) is 0 Å². The molecule has 0 saturated heterocycles. The summed E-state index contributed by atoms with van der Waals surface area (Å²) in [6.45, 7) is 2.15. The lowest BCUT2D eigenvalue weighted by atomic mass is 10.0. The largest absolute Gasteiger partial charge is 0.481 e. The van der Waals surface area contributed by atoms with Crippen LogP contribution in [0.5, 0.6) is 0 Å². The minimum atomic E-state index is -1.00. The van der Waals surface area contributed by atoms with Gasteiger partial charge in [0.1, 0.15) is 0 Å². The van der Waals surface area contributed by atoms with E-state index >= 15 is 0 Å². The maximum atomic E-state index is 10.8. The highest BCUT2D eigenvalue weighted by atomic mass is 16.4. The highest BCUT2D eigenvalue weighted by Gasteiger charge is 2.07. The van der Waals surface area contributed by atoms with E-state index in [1.165, 1.54) is 25.3 Å². The van der Waals surface area contributed by atoms with Crippen molar-refractivity contribution in [2.45, 2.75) is 58.3 Å². The fraction of sp³-hybridized carbons (Fsp3) is 0.692. The molecule has 0 fully saturated rings. The topological polar surface area (TPSA) is 74.6 Å². The first kappa shape index (κ1) is 15.7. The number of hydrogen-bond acceptors (Lipinski definition) is 2. The minimum Gasteiger partial charge on any atom is -0.481 e. The zero-order valence-corrected chi connectivity index (χ0v) is 10.4. The SMILES string of the molecule is CCCCCCCC/C(=C\CC(=O)O)C(=O)O. The number of rotatable bonds is 10. The van der Waals surface area contributed by atoms with Gasteiger partial charge in [-0.15, -0.1) is 0 Å². The van der Waals surface area contributed by atoms with Gasteiger partial charge in [-0.05, 0) is 12.8 Å². The number of carbonyl (C=O) groups is 2. The van der Waals surface area contributed by atoms with Gasteiger partial charge in [-0.1, -0.05) is 45.1 Å². The molecule has 0 heterocycles. The highest BCUT2D eigenvalue weighted by Crippen LogP contribution is 2.12. The molecule has 0 aliphatic heterocycles. The van der Waals surface area contributed by atoms with Crippen LogP contribution < -0.4 is 0 Å². The summed E-state index contributed by atoms with van der Waals surface area (Å²) in [5.41, 5.74) is 0.225. The highest BCUT2D eigenvalue weighted by molar-refractivity contribution is 5.87. The summed E-state index contributed by atoms with van der Waals surface area (Å²) in [7, 11) is 0. The lowest BCUT2D eigenvalue weighted by Crippen LogP contribution is -2.02. The molecular formula is C13H22O4. The summed E-state index contributed by atoms with van der Waals surface area (Å²) in [6, 6.07) is 0. The van der Waals surface area contributed by atoms with E-state index < -0.39 is 11.9 Å². The maximum absolute atomic E-state index is 10.8. The van der Waals surface area contributed by atoms with E-state index in [9.17, 15) is 9.59 Å². The summed E-state index contributed by atoms with van der Waals surface area (Å²) in [5.74, 6) is -1.99. The molecule has 0 unspecified atom stereocenters. The van der Waals surface area contributed by atoms with Gasteiger partial charge < -0.3 is 10.2 Å². The number of aliphatic carboxylic acids is 2. The second-order valence-corrected chi connectivity index (χ2v) is 4.15. The molecule has 0 spiro atoms. The molecule has 4 nitrogen and oxygen atoms in total. The van der Waals surface area contributed by atoms with Gasteiger partial charge >= 0.3 is 11.9 Å². The Morgan fingerprint density at radius 3 is 2.12 bits per heavy atom. The second-order valence-electron chi connectivity index (χ2n) is 4.15. The second kappa shape index (κ2) is 9.87. The summed E-state index contributed by atoms with van der Waals surface area (Å²) < 4.78 is 0. The van der Waals surface area contributed by atoms with E-state index in [0.717, 1.165) is 19.3 Å². The van der Waals surface area contributed by atoms with Gasteiger partial charge in [0, 0.05) is 5.57 Å². The Balaban J connectivity index is 3.82. The minimum absolute atomic E-state index is 0.211. The molecule has 0 aliphatic rings. The molecule has 0 aliphatic carbocycles. The zero-order valence-electron chi connectivity index (χ0n) is 10.4. The average Bonchev–Trinajstić information content (AvgIpc) is 2.26. The number of carboxylic acids is 2. The van der Waals surface area contributed by atoms with E-state index in [2.05, 4.69) is 6.92 Å². The normalized spacial score (nSPS) is 11.5. The van der Waals surface area contributed by atoms with Crippen molar-refractivity contribution in [1.29, 1.82) is 0 Å². The van der Waals surface area contributed by atoms with Crippen LogP contribution in [-0.2, 0) is 9.59 Å². The Morgan fingerprint density at radius 1 is 1.00 bits per heavy atom. The number of carboxylic acid groups (broad SMARTS) is 2. The van der Waals surface area contributed by atoms with Crippen molar-refractivity contribution in [3.05, 3.63) is 11.6 Å². The van der Waals surface area contributed by atoms with Crippen LogP contribution >= 0.6 is 0 Å². The van der Waals surface area contributed by atoms with Crippen molar-refractivity contribution in [3.8, 4) is 0 Å². The van der Waals surface area contributed by atoms with Gasteiger partial charge in [-0.3, -0.25) is 4.79 Å². The van der Waals surface area contributed by atoms with Crippen molar-refractivity contribution in [1.82, 2.24) is 0 Å². The third kappa shape index (κ3) is 9.60. The summed E-state index contributed by atoms with van der Waals surface area (Å²) in [6.07, 6.45) is 8.12. The summed E-state index contributed by atoms with van der Waals surface area (Å²) in [4.78, 5) is 21.2. The van der Waals surface area contributed by atoms with E-state index in [4.69, 9.17) is 10.2 Å². The quantitative estimate of drug-likeness (QED) is 0.455. The van der Waals surface area contributed by atoms with Crippen LogP contribution in [0.15, 0.2) is 11.6 Å². The molecule has 0 rings (SSSR count). The van der Waals surface area contributed by atoms with Crippen LogP contribution in [-0.4, -0.2) is 22.2 Å². The molecule has 0 aromatic carbocycles. The first-order chi connectivity index (χ1) is 8.07. The molecule has 0 atom stereocenters. The van der Waals surface area contributed by atoms with Crippen LogP contribution in [0.2, 0.25) is 0 Å². The predicted molar refractivity (Wildman–Crippen MR) is 66.0 cm³/mol. The summed E-state index contributed by atoms with van der Waals surface area (Å²) >= 11 is 0. The van der Waals surface area contributed by atoms with Gasteiger partial charge in [-0.25, -0.2) is 4.79 Å². The lowest BCUT2D eigenvalue weighted by Gasteiger charge is -2.02. The van der Waals surface area contributed by atoms with Gasteiger partial charge in [0.15, 0.2) is 0 Å². The van der Waals surface area contributed by atoms with Crippen LogP contribution in [0, 0.1) is 0 Å². The van der Waals surface area contributed by atoms with Crippen LogP contribution in [0.25, 0.3) is 0 Å². The third-order valence-electron chi connectivity index (χ3n) is 2.60. The molecule has 2 N–H and O–H groups in total. The lowest BCUT2D eigenvalue weighted by molar-refractivity contribution is -0.136. The molecule has 0 amide bonds. The monoisotopic (exact) mass is 242 g/mol. The fourth-order valence-corrected chi connectivity index (χ4v) is 1.60. The zero-order chi connectivity index (χ0) is 13.1. The Labute approximate surface area is 102 Å². The smallest absolute Gasteiger partial charge is 0.331 e. The molecule has 4 heteroatoms. The van der Waals surface area contributed by atoms with E-state index in [1.54, 1.807) is 0 Å².